The summed E-state index contributed by atoms with van der Waals surface area (Å²) in [5, 5.41) is 1.66. The number of aromatic amines is 2. The number of rotatable bonds is 5. The predicted octanol–water partition coefficient (Wildman–Crippen LogP) is 10.8. The maximum absolute atomic E-state index is 13.0. The summed E-state index contributed by atoms with van der Waals surface area (Å²) >= 11 is 6.55. The fraction of sp³-hybridized carbons (Fsp3) is 0.378. The van der Waals surface area contributed by atoms with Crippen molar-refractivity contribution in [2.45, 2.75) is 96.7 Å². The number of aromatic nitrogens is 5. The molecule has 0 radical (unpaired) electrons. The van der Waals surface area contributed by atoms with Gasteiger partial charge in [-0.2, -0.15) is 0 Å². The first-order chi connectivity index (χ1) is 27.7. The molecule has 0 bridgehead atoms. The Kier molecular flexibility index (Phi) is 9.30. The lowest BCUT2D eigenvalue weighted by atomic mass is 10.0. The lowest BCUT2D eigenvalue weighted by Crippen LogP contribution is -2.36. The second-order valence-electron chi connectivity index (χ2n) is 17.4. The van der Waals surface area contributed by atoms with Gasteiger partial charge in [0.1, 0.15) is 28.6 Å². The lowest BCUT2D eigenvalue weighted by Gasteiger charge is -2.30. The summed E-state index contributed by atoms with van der Waals surface area (Å²) in [6, 6.07) is 22.2. The summed E-state index contributed by atoms with van der Waals surface area (Å²) in [7, 11) is 0. The Morgan fingerprint density at radius 3 is 1.93 bits per heavy atom. The van der Waals surface area contributed by atoms with E-state index in [-0.39, 0.29) is 24.3 Å². The molecule has 2 unspecified atom stereocenters. The SMILES string of the molecule is CC(C)(C)OC(=O)N1CCCC1c1ncc(-c2ccc3c(c2)OC(c2cccc(Cl)c2)n2c-3cc3cc(-c4cnc([C@@H]5CCCN5C(=O)OC(C)(C)C)[nH]4)ccc32)[nH]1. The first-order valence-corrected chi connectivity index (χ1v) is 20.4. The van der Waals surface area contributed by atoms with E-state index in [2.05, 4.69) is 50.9 Å². The van der Waals surface area contributed by atoms with E-state index in [1.165, 1.54) is 0 Å². The molecule has 2 amide bonds. The van der Waals surface area contributed by atoms with E-state index in [1.807, 2.05) is 84.3 Å². The molecule has 0 spiro atoms. The molecule has 3 atom stereocenters. The fourth-order valence-corrected chi connectivity index (χ4v) is 8.60. The van der Waals surface area contributed by atoms with Crippen LogP contribution in [0.4, 0.5) is 9.59 Å². The van der Waals surface area contributed by atoms with Crippen molar-refractivity contribution in [1.29, 1.82) is 0 Å². The van der Waals surface area contributed by atoms with Gasteiger partial charge in [-0.1, -0.05) is 35.9 Å². The molecular weight excluding hydrogens is 754 g/mol. The number of nitrogens with zero attached hydrogens (tertiary/aromatic N) is 5. The molecule has 3 aliphatic rings. The zero-order chi connectivity index (χ0) is 40.5. The fourth-order valence-electron chi connectivity index (χ4n) is 8.40. The molecule has 300 valence electrons. The average molecular weight is 802 g/mol. The van der Waals surface area contributed by atoms with Crippen LogP contribution in [0.2, 0.25) is 5.02 Å². The third-order valence-electron chi connectivity index (χ3n) is 10.9. The summed E-state index contributed by atoms with van der Waals surface area (Å²) < 4.78 is 20.5. The highest BCUT2D eigenvalue weighted by Gasteiger charge is 2.37. The number of benzene rings is 3. The normalized spacial score (nSPS) is 19.3. The molecular formula is C45H48ClN7O5. The quantitative estimate of drug-likeness (QED) is 0.177. The Bertz CT molecular complexity index is 2540. The van der Waals surface area contributed by atoms with Gasteiger partial charge in [-0.25, -0.2) is 19.6 Å². The largest absolute Gasteiger partial charge is 0.465 e. The number of fused-ring (bicyclic) bond motifs is 5. The minimum absolute atomic E-state index is 0.172. The standard InChI is InChI=1S/C45H48ClN7O5/c1-44(2,3)57-42(54)51-18-8-12-35(51)39-47-24-32(49-39)26-15-17-34-29(20-26)22-37-31-16-14-27(23-38(31)56-41(53(34)37)28-10-7-11-30(46)21-28)33-25-48-40(50-33)36-13-9-19-52(36)43(55)58-45(4,5)6/h7,10-11,14-17,20-25,35-36,41H,8-9,12-13,18-19H2,1-6H3,(H,47,49)(H,48,50)/t35-,36?,41?/m0/s1. The first-order valence-electron chi connectivity index (χ1n) is 20.0. The number of nitrogens with one attached hydrogen (secondary N) is 2. The Labute approximate surface area is 342 Å². The molecule has 0 saturated carbocycles. The molecule has 3 aromatic heterocycles. The van der Waals surface area contributed by atoms with Gasteiger partial charge in [-0.05, 0) is 110 Å². The molecule has 3 aliphatic heterocycles. The number of hydrogen-bond acceptors (Lipinski definition) is 7. The van der Waals surface area contributed by atoms with Crippen molar-refractivity contribution in [3.63, 3.8) is 0 Å². The first kappa shape index (κ1) is 37.8. The molecule has 2 saturated heterocycles. The predicted molar refractivity (Wildman–Crippen MR) is 223 cm³/mol. The van der Waals surface area contributed by atoms with Crippen LogP contribution in [0.1, 0.15) is 103 Å². The van der Waals surface area contributed by atoms with Gasteiger partial charge >= 0.3 is 12.2 Å². The second-order valence-corrected chi connectivity index (χ2v) is 17.9. The van der Waals surface area contributed by atoms with Crippen molar-refractivity contribution < 1.29 is 23.8 Å². The molecule has 2 N–H and O–H groups in total. The Hall–Kier alpha value is -5.75. The number of carbonyl (C=O) groups is 2. The van der Waals surface area contributed by atoms with Crippen molar-refractivity contribution in [1.82, 2.24) is 34.3 Å². The van der Waals surface area contributed by atoms with E-state index < -0.39 is 17.4 Å². The molecule has 0 aliphatic carbocycles. The summed E-state index contributed by atoms with van der Waals surface area (Å²) in [6.07, 6.45) is 5.93. The number of amides is 2. The maximum atomic E-state index is 13.0. The maximum Gasteiger partial charge on any atom is 0.410 e. The van der Waals surface area contributed by atoms with Gasteiger partial charge in [0.25, 0.3) is 0 Å². The summed E-state index contributed by atoms with van der Waals surface area (Å²) in [5.41, 5.74) is 6.35. The number of hydrogen-bond donors (Lipinski definition) is 2. The summed E-state index contributed by atoms with van der Waals surface area (Å²) in [4.78, 5) is 46.1. The van der Waals surface area contributed by atoms with Crippen molar-refractivity contribution in [2.75, 3.05) is 13.1 Å². The number of carbonyl (C=O) groups excluding carboxylic acids is 2. The van der Waals surface area contributed by atoms with Crippen molar-refractivity contribution in [2.24, 2.45) is 0 Å². The lowest BCUT2D eigenvalue weighted by molar-refractivity contribution is 0.0208. The van der Waals surface area contributed by atoms with Crippen molar-refractivity contribution in [3.05, 3.63) is 101 Å². The van der Waals surface area contributed by atoms with Crippen molar-refractivity contribution >= 4 is 34.7 Å². The van der Waals surface area contributed by atoms with Crippen LogP contribution in [0.5, 0.6) is 5.75 Å². The number of ether oxygens (including phenoxy) is 3. The number of halogens is 1. The minimum atomic E-state index is -0.578. The molecule has 12 nitrogen and oxygen atoms in total. The van der Waals surface area contributed by atoms with Crippen LogP contribution < -0.4 is 4.74 Å². The van der Waals surface area contributed by atoms with Crippen LogP contribution in [0.3, 0.4) is 0 Å². The number of H-pyrrole nitrogens is 2. The molecule has 9 rings (SSSR count). The van der Waals surface area contributed by atoms with E-state index in [9.17, 15) is 9.59 Å². The number of likely N-dealkylation sites (tertiary alicyclic amines) is 2. The van der Waals surface area contributed by atoms with Crippen LogP contribution in [0.25, 0.3) is 44.7 Å². The average Bonchev–Trinajstić information content (AvgIpc) is 4.01. The van der Waals surface area contributed by atoms with Gasteiger partial charge in [-0.3, -0.25) is 9.80 Å². The Morgan fingerprint density at radius 2 is 1.34 bits per heavy atom. The van der Waals surface area contributed by atoms with Crippen molar-refractivity contribution in [3.8, 4) is 39.5 Å². The highest BCUT2D eigenvalue weighted by Crippen LogP contribution is 2.46. The highest BCUT2D eigenvalue weighted by molar-refractivity contribution is 6.30. The van der Waals surface area contributed by atoms with Crippen LogP contribution in [0, 0.1) is 0 Å². The smallest absolute Gasteiger partial charge is 0.410 e. The van der Waals surface area contributed by atoms with Crippen LogP contribution in [0.15, 0.2) is 79.1 Å². The second kappa shape index (κ2) is 14.3. The molecule has 3 aromatic carbocycles. The van der Waals surface area contributed by atoms with E-state index >= 15 is 0 Å². The third-order valence-corrected chi connectivity index (χ3v) is 11.1. The van der Waals surface area contributed by atoms with Crippen LogP contribution >= 0.6 is 11.6 Å². The van der Waals surface area contributed by atoms with E-state index in [0.29, 0.717) is 18.1 Å². The van der Waals surface area contributed by atoms with E-state index in [0.717, 1.165) is 93.3 Å². The van der Waals surface area contributed by atoms with E-state index in [4.69, 9.17) is 35.8 Å². The Morgan fingerprint density at radius 1 is 0.759 bits per heavy atom. The van der Waals surface area contributed by atoms with Gasteiger partial charge in [0.2, 0.25) is 6.23 Å². The molecule has 58 heavy (non-hydrogen) atoms. The molecule has 2 fully saturated rings. The summed E-state index contributed by atoms with van der Waals surface area (Å²) in [6.45, 7) is 12.5. The summed E-state index contributed by atoms with van der Waals surface area (Å²) in [5.74, 6) is 2.22. The Balaban J connectivity index is 1.04. The van der Waals surface area contributed by atoms with Gasteiger partial charge in [-0.15, -0.1) is 0 Å². The van der Waals surface area contributed by atoms with E-state index in [1.54, 1.807) is 9.80 Å². The third kappa shape index (κ3) is 7.18. The zero-order valence-corrected chi connectivity index (χ0v) is 34.4. The van der Waals surface area contributed by atoms with Crippen LogP contribution in [-0.2, 0) is 9.47 Å². The molecule has 6 heterocycles. The van der Waals surface area contributed by atoms with Gasteiger partial charge in [0, 0.05) is 45.8 Å². The monoisotopic (exact) mass is 801 g/mol. The zero-order valence-electron chi connectivity index (χ0n) is 33.6. The van der Waals surface area contributed by atoms with Gasteiger partial charge < -0.3 is 28.7 Å². The number of imidazole rings is 2. The topological polar surface area (TPSA) is 131 Å². The molecule has 13 heteroatoms. The van der Waals surface area contributed by atoms with Gasteiger partial charge in [0.15, 0.2) is 0 Å². The minimum Gasteiger partial charge on any atom is -0.465 e. The molecule has 6 aromatic rings. The highest BCUT2D eigenvalue weighted by atomic mass is 35.5. The van der Waals surface area contributed by atoms with Crippen LogP contribution in [-0.4, -0.2) is 70.8 Å². The van der Waals surface area contributed by atoms with Gasteiger partial charge in [0.05, 0.1) is 47.1 Å².